The van der Waals surface area contributed by atoms with Gasteiger partial charge in [0.05, 0.1) is 6.42 Å². The van der Waals surface area contributed by atoms with Crippen LogP contribution in [0.4, 0.5) is 5.95 Å². The first-order chi connectivity index (χ1) is 7.08. The van der Waals surface area contributed by atoms with E-state index in [0.717, 1.165) is 5.69 Å². The van der Waals surface area contributed by atoms with Gasteiger partial charge in [-0.1, -0.05) is 0 Å². The summed E-state index contributed by atoms with van der Waals surface area (Å²) in [4.78, 5) is 29.1. The SMILES string of the molecule is Cc1ccnc(NC(=O)CCC(=O)O)n1. The molecule has 1 amide bonds. The van der Waals surface area contributed by atoms with Crippen LogP contribution in [0.2, 0.25) is 0 Å². The van der Waals surface area contributed by atoms with Crippen LogP contribution in [0.3, 0.4) is 0 Å². The lowest BCUT2D eigenvalue weighted by atomic mass is 10.3. The van der Waals surface area contributed by atoms with Crippen molar-refractivity contribution >= 4 is 17.8 Å². The van der Waals surface area contributed by atoms with E-state index in [1.807, 2.05) is 0 Å². The number of rotatable bonds is 4. The number of carbonyl (C=O) groups is 2. The van der Waals surface area contributed by atoms with Crippen LogP contribution in [0.1, 0.15) is 18.5 Å². The number of hydrogen-bond donors (Lipinski definition) is 2. The number of amides is 1. The van der Waals surface area contributed by atoms with Crippen molar-refractivity contribution in [2.75, 3.05) is 5.32 Å². The van der Waals surface area contributed by atoms with Crippen molar-refractivity contribution in [3.63, 3.8) is 0 Å². The Bertz CT molecular complexity index is 379. The largest absolute Gasteiger partial charge is 0.481 e. The Morgan fingerprint density at radius 2 is 2.20 bits per heavy atom. The highest BCUT2D eigenvalue weighted by atomic mass is 16.4. The molecule has 1 aromatic rings. The highest BCUT2D eigenvalue weighted by Gasteiger charge is 2.06. The number of carboxylic acids is 1. The van der Waals surface area contributed by atoms with E-state index < -0.39 is 11.9 Å². The standard InChI is InChI=1S/C9H11N3O3/c1-6-4-5-10-9(11-6)12-7(13)2-3-8(14)15/h4-5H,2-3H2,1H3,(H,14,15)(H,10,11,12,13). The highest BCUT2D eigenvalue weighted by molar-refractivity contribution is 5.90. The molecule has 1 aromatic heterocycles. The van der Waals surface area contributed by atoms with E-state index in [1.54, 1.807) is 13.0 Å². The molecule has 0 aliphatic carbocycles. The summed E-state index contributed by atoms with van der Waals surface area (Å²) in [5.41, 5.74) is 0.735. The summed E-state index contributed by atoms with van der Waals surface area (Å²) in [5, 5.41) is 10.8. The van der Waals surface area contributed by atoms with Gasteiger partial charge in [0, 0.05) is 18.3 Å². The van der Waals surface area contributed by atoms with Gasteiger partial charge in [-0.05, 0) is 13.0 Å². The smallest absolute Gasteiger partial charge is 0.303 e. The van der Waals surface area contributed by atoms with Crippen molar-refractivity contribution in [2.45, 2.75) is 19.8 Å². The molecule has 0 unspecified atom stereocenters. The third-order valence-corrected chi connectivity index (χ3v) is 1.61. The second-order valence-corrected chi connectivity index (χ2v) is 2.96. The van der Waals surface area contributed by atoms with Gasteiger partial charge in [0.1, 0.15) is 0 Å². The molecule has 0 aliphatic heterocycles. The molecule has 0 spiro atoms. The number of nitrogens with zero attached hydrogens (tertiary/aromatic N) is 2. The van der Waals surface area contributed by atoms with Gasteiger partial charge in [0.2, 0.25) is 11.9 Å². The molecular formula is C9H11N3O3. The molecule has 1 heterocycles. The molecule has 80 valence electrons. The minimum Gasteiger partial charge on any atom is -0.481 e. The average molecular weight is 209 g/mol. The first kappa shape index (κ1) is 11.1. The van der Waals surface area contributed by atoms with Gasteiger partial charge in [-0.25, -0.2) is 9.97 Å². The molecule has 0 aliphatic rings. The van der Waals surface area contributed by atoms with Crippen LogP contribution in [0.25, 0.3) is 0 Å². The number of carboxylic acid groups (broad SMARTS) is 1. The first-order valence-electron chi connectivity index (χ1n) is 4.39. The maximum Gasteiger partial charge on any atom is 0.303 e. The van der Waals surface area contributed by atoms with Gasteiger partial charge in [0.25, 0.3) is 0 Å². The summed E-state index contributed by atoms with van der Waals surface area (Å²) in [6.07, 6.45) is 1.25. The Hall–Kier alpha value is -1.98. The van der Waals surface area contributed by atoms with Gasteiger partial charge in [-0.2, -0.15) is 0 Å². The van der Waals surface area contributed by atoms with E-state index in [-0.39, 0.29) is 18.8 Å². The molecule has 0 atom stereocenters. The lowest BCUT2D eigenvalue weighted by Gasteiger charge is -2.02. The summed E-state index contributed by atoms with van der Waals surface area (Å²) in [6, 6.07) is 1.70. The van der Waals surface area contributed by atoms with Crippen LogP contribution in [-0.4, -0.2) is 27.0 Å². The topological polar surface area (TPSA) is 92.2 Å². The predicted octanol–water partition coefficient (Wildman–Crippen LogP) is 0.588. The number of aryl methyl sites for hydroxylation is 1. The molecule has 1 rings (SSSR count). The van der Waals surface area contributed by atoms with Crippen molar-refractivity contribution in [1.82, 2.24) is 9.97 Å². The van der Waals surface area contributed by atoms with Crippen LogP contribution in [0.5, 0.6) is 0 Å². The summed E-state index contributed by atoms with van der Waals surface area (Å²) in [5.74, 6) is -1.20. The highest BCUT2D eigenvalue weighted by Crippen LogP contribution is 2.00. The molecule has 0 saturated heterocycles. The second-order valence-electron chi connectivity index (χ2n) is 2.96. The molecule has 0 bridgehead atoms. The van der Waals surface area contributed by atoms with Gasteiger partial charge in [-0.15, -0.1) is 0 Å². The van der Waals surface area contributed by atoms with Crippen LogP contribution >= 0.6 is 0 Å². The molecule has 0 fully saturated rings. The van der Waals surface area contributed by atoms with E-state index in [9.17, 15) is 9.59 Å². The molecular weight excluding hydrogens is 198 g/mol. The molecule has 6 heteroatoms. The van der Waals surface area contributed by atoms with Crippen molar-refractivity contribution in [3.8, 4) is 0 Å². The fourth-order valence-corrected chi connectivity index (χ4v) is 0.917. The zero-order valence-corrected chi connectivity index (χ0v) is 8.23. The number of aromatic nitrogens is 2. The molecule has 0 aromatic carbocycles. The zero-order chi connectivity index (χ0) is 11.3. The fourth-order valence-electron chi connectivity index (χ4n) is 0.917. The Labute approximate surface area is 86.4 Å². The van der Waals surface area contributed by atoms with Crippen molar-refractivity contribution in [3.05, 3.63) is 18.0 Å². The van der Waals surface area contributed by atoms with Gasteiger partial charge < -0.3 is 5.11 Å². The predicted molar refractivity (Wildman–Crippen MR) is 52.3 cm³/mol. The normalized spacial score (nSPS) is 9.67. The van der Waals surface area contributed by atoms with Crippen molar-refractivity contribution in [2.24, 2.45) is 0 Å². The van der Waals surface area contributed by atoms with E-state index in [4.69, 9.17) is 5.11 Å². The summed E-state index contributed by atoms with van der Waals surface area (Å²) < 4.78 is 0. The van der Waals surface area contributed by atoms with Crippen molar-refractivity contribution in [1.29, 1.82) is 0 Å². The van der Waals surface area contributed by atoms with Crippen LogP contribution in [0.15, 0.2) is 12.3 Å². The van der Waals surface area contributed by atoms with Gasteiger partial charge >= 0.3 is 5.97 Å². The number of anilines is 1. The summed E-state index contributed by atoms with van der Waals surface area (Å²) in [7, 11) is 0. The van der Waals surface area contributed by atoms with E-state index in [2.05, 4.69) is 15.3 Å². The van der Waals surface area contributed by atoms with Crippen LogP contribution in [-0.2, 0) is 9.59 Å². The number of hydrogen-bond acceptors (Lipinski definition) is 4. The van der Waals surface area contributed by atoms with E-state index >= 15 is 0 Å². The molecule has 15 heavy (non-hydrogen) atoms. The third-order valence-electron chi connectivity index (χ3n) is 1.61. The molecule has 0 saturated carbocycles. The average Bonchev–Trinajstić information content (AvgIpc) is 2.15. The Balaban J connectivity index is 2.48. The zero-order valence-electron chi connectivity index (χ0n) is 8.23. The minimum absolute atomic E-state index is 0.0768. The van der Waals surface area contributed by atoms with Gasteiger partial charge in [0.15, 0.2) is 0 Å². The lowest BCUT2D eigenvalue weighted by Crippen LogP contribution is -2.15. The Morgan fingerprint density at radius 3 is 2.80 bits per heavy atom. The third kappa shape index (κ3) is 4.17. The Kier molecular flexibility index (Phi) is 3.73. The molecule has 6 nitrogen and oxygen atoms in total. The number of nitrogens with one attached hydrogen (secondary N) is 1. The summed E-state index contributed by atoms with van der Waals surface area (Å²) in [6.45, 7) is 1.77. The van der Waals surface area contributed by atoms with Crippen molar-refractivity contribution < 1.29 is 14.7 Å². The minimum atomic E-state index is -1.00. The quantitative estimate of drug-likeness (QED) is 0.757. The summed E-state index contributed by atoms with van der Waals surface area (Å²) >= 11 is 0. The van der Waals surface area contributed by atoms with E-state index in [1.165, 1.54) is 6.20 Å². The van der Waals surface area contributed by atoms with E-state index in [0.29, 0.717) is 0 Å². The maximum absolute atomic E-state index is 11.2. The fraction of sp³-hybridized carbons (Fsp3) is 0.333. The van der Waals surface area contributed by atoms with Crippen LogP contribution < -0.4 is 5.32 Å². The van der Waals surface area contributed by atoms with Gasteiger partial charge in [-0.3, -0.25) is 14.9 Å². The van der Waals surface area contributed by atoms with Crippen LogP contribution in [0, 0.1) is 6.92 Å². The second kappa shape index (κ2) is 5.04. The first-order valence-corrected chi connectivity index (χ1v) is 4.39. The Morgan fingerprint density at radius 1 is 1.47 bits per heavy atom. The number of carbonyl (C=O) groups excluding carboxylic acids is 1. The number of aliphatic carboxylic acids is 1. The molecule has 2 N–H and O–H groups in total. The monoisotopic (exact) mass is 209 g/mol. The lowest BCUT2D eigenvalue weighted by molar-refractivity contribution is -0.138. The maximum atomic E-state index is 11.2. The molecule has 0 radical (unpaired) electrons.